The van der Waals surface area contributed by atoms with Gasteiger partial charge < -0.3 is 19.7 Å². The van der Waals surface area contributed by atoms with Gasteiger partial charge in [0.1, 0.15) is 12.4 Å². The normalized spacial score (nSPS) is 15.4. The third kappa shape index (κ3) is 4.85. The molecule has 4 nitrogen and oxygen atoms in total. The summed E-state index contributed by atoms with van der Waals surface area (Å²) in [5.74, 6) is 1.31. The molecule has 2 aromatic carbocycles. The lowest BCUT2D eigenvalue weighted by atomic mass is 10.2. The van der Waals surface area contributed by atoms with E-state index < -0.39 is 0 Å². The van der Waals surface area contributed by atoms with Crippen LogP contribution in [0, 0.1) is 5.82 Å². The number of halogens is 1. The molecule has 6 heteroatoms. The molecule has 0 saturated heterocycles. The zero-order chi connectivity index (χ0) is 18.4. The maximum atomic E-state index is 13.0. The number of ether oxygens (including phenoxy) is 2. The van der Waals surface area contributed by atoms with E-state index in [1.54, 1.807) is 12.1 Å². The first-order chi connectivity index (χ1) is 12.7. The fourth-order valence-electron chi connectivity index (χ4n) is 2.84. The second-order valence-electron chi connectivity index (χ2n) is 6.23. The fourth-order valence-corrected chi connectivity index (χ4v) is 3.07. The Morgan fingerprint density at radius 3 is 2.65 bits per heavy atom. The van der Waals surface area contributed by atoms with Crippen LogP contribution in [-0.4, -0.2) is 35.8 Å². The minimum absolute atomic E-state index is 0.0815. The molecule has 0 saturated carbocycles. The van der Waals surface area contributed by atoms with Gasteiger partial charge in [-0.1, -0.05) is 31.2 Å². The molecule has 1 heterocycles. The SMILES string of the molecule is CCCN(C[C@@H]1COc2ccccc2O1)C(=S)NCc1ccc(F)cc1. The largest absolute Gasteiger partial charge is 0.486 e. The Labute approximate surface area is 158 Å². The summed E-state index contributed by atoms with van der Waals surface area (Å²) in [4.78, 5) is 2.10. The van der Waals surface area contributed by atoms with Gasteiger partial charge in [-0.2, -0.15) is 0 Å². The molecular formula is C20H23FN2O2S. The predicted octanol–water partition coefficient (Wildman–Crippen LogP) is 3.75. The molecule has 0 aliphatic carbocycles. The molecule has 3 rings (SSSR count). The van der Waals surface area contributed by atoms with E-state index in [1.165, 1.54) is 12.1 Å². The van der Waals surface area contributed by atoms with Gasteiger partial charge in [0.2, 0.25) is 0 Å². The standard InChI is InChI=1S/C20H23FN2O2S/c1-2-11-23(20(26)22-12-15-7-9-16(21)10-8-15)13-17-14-24-18-5-3-4-6-19(18)25-17/h3-10,17H,2,11-14H2,1H3,(H,22,26)/t17-/m1/s1. The molecule has 0 radical (unpaired) electrons. The molecule has 0 unspecified atom stereocenters. The van der Waals surface area contributed by atoms with Crippen molar-refractivity contribution in [3.8, 4) is 11.5 Å². The zero-order valence-corrected chi connectivity index (χ0v) is 15.6. The van der Waals surface area contributed by atoms with Gasteiger partial charge in [0.15, 0.2) is 22.7 Å². The van der Waals surface area contributed by atoms with E-state index in [1.807, 2.05) is 24.3 Å². The summed E-state index contributed by atoms with van der Waals surface area (Å²) in [7, 11) is 0. The van der Waals surface area contributed by atoms with Gasteiger partial charge in [-0.15, -0.1) is 0 Å². The van der Waals surface area contributed by atoms with Gasteiger partial charge in [-0.05, 0) is 48.5 Å². The molecule has 2 aromatic rings. The van der Waals surface area contributed by atoms with Gasteiger partial charge in [-0.25, -0.2) is 4.39 Å². The first-order valence-corrected chi connectivity index (χ1v) is 9.22. The van der Waals surface area contributed by atoms with Gasteiger partial charge in [0.25, 0.3) is 0 Å². The molecule has 0 spiro atoms. The average Bonchev–Trinajstić information content (AvgIpc) is 2.67. The van der Waals surface area contributed by atoms with Crippen LogP contribution in [0.15, 0.2) is 48.5 Å². The number of hydrogen-bond acceptors (Lipinski definition) is 3. The maximum Gasteiger partial charge on any atom is 0.169 e. The molecule has 0 bridgehead atoms. The van der Waals surface area contributed by atoms with E-state index in [0.717, 1.165) is 30.0 Å². The van der Waals surface area contributed by atoms with Crippen LogP contribution in [0.4, 0.5) is 4.39 Å². The number of nitrogens with zero attached hydrogens (tertiary/aromatic N) is 1. The van der Waals surface area contributed by atoms with Crippen LogP contribution < -0.4 is 14.8 Å². The number of benzene rings is 2. The van der Waals surface area contributed by atoms with Crippen LogP contribution in [0.1, 0.15) is 18.9 Å². The summed E-state index contributed by atoms with van der Waals surface area (Å²) in [5.41, 5.74) is 0.983. The lowest BCUT2D eigenvalue weighted by Crippen LogP contribution is -2.47. The van der Waals surface area contributed by atoms with Gasteiger partial charge in [0.05, 0.1) is 6.54 Å². The average molecular weight is 374 g/mol. The van der Waals surface area contributed by atoms with Crippen molar-refractivity contribution >= 4 is 17.3 Å². The van der Waals surface area contributed by atoms with Gasteiger partial charge >= 0.3 is 0 Å². The highest BCUT2D eigenvalue weighted by Gasteiger charge is 2.23. The third-order valence-corrected chi connectivity index (χ3v) is 4.53. The number of nitrogens with one attached hydrogen (secondary N) is 1. The Hall–Kier alpha value is -2.34. The van der Waals surface area contributed by atoms with Crippen LogP contribution in [0.5, 0.6) is 11.5 Å². The number of para-hydroxylation sites is 2. The van der Waals surface area contributed by atoms with E-state index in [0.29, 0.717) is 24.8 Å². The lowest BCUT2D eigenvalue weighted by Gasteiger charge is -2.32. The molecule has 1 aliphatic heterocycles. The Morgan fingerprint density at radius 2 is 1.92 bits per heavy atom. The molecule has 0 fully saturated rings. The Morgan fingerprint density at radius 1 is 1.19 bits per heavy atom. The second-order valence-corrected chi connectivity index (χ2v) is 6.62. The Balaban J connectivity index is 1.56. The molecule has 0 aromatic heterocycles. The van der Waals surface area contributed by atoms with Crippen molar-refractivity contribution in [2.45, 2.75) is 26.0 Å². The smallest absolute Gasteiger partial charge is 0.169 e. The highest BCUT2D eigenvalue weighted by Crippen LogP contribution is 2.31. The molecule has 26 heavy (non-hydrogen) atoms. The first kappa shape index (κ1) is 18.5. The van der Waals surface area contributed by atoms with E-state index in [2.05, 4.69) is 17.1 Å². The van der Waals surface area contributed by atoms with Gasteiger partial charge in [0, 0.05) is 13.1 Å². The molecule has 1 atom stereocenters. The van der Waals surface area contributed by atoms with E-state index in [4.69, 9.17) is 21.7 Å². The van der Waals surface area contributed by atoms with E-state index >= 15 is 0 Å². The van der Waals surface area contributed by atoms with Crippen LogP contribution >= 0.6 is 12.2 Å². The Bertz CT molecular complexity index is 739. The fraction of sp³-hybridized carbons (Fsp3) is 0.350. The van der Waals surface area contributed by atoms with E-state index in [9.17, 15) is 4.39 Å². The maximum absolute atomic E-state index is 13.0. The predicted molar refractivity (Wildman–Crippen MR) is 104 cm³/mol. The molecular weight excluding hydrogens is 351 g/mol. The number of hydrogen-bond donors (Lipinski definition) is 1. The zero-order valence-electron chi connectivity index (χ0n) is 14.8. The topological polar surface area (TPSA) is 33.7 Å². The van der Waals surface area contributed by atoms with Crippen molar-refractivity contribution in [1.29, 1.82) is 0 Å². The van der Waals surface area contributed by atoms with Crippen molar-refractivity contribution < 1.29 is 13.9 Å². The molecule has 1 aliphatic rings. The summed E-state index contributed by atoms with van der Waals surface area (Å²) >= 11 is 5.56. The molecule has 1 N–H and O–H groups in total. The minimum atomic E-state index is -0.237. The molecule has 138 valence electrons. The van der Waals surface area contributed by atoms with Crippen molar-refractivity contribution in [1.82, 2.24) is 10.2 Å². The van der Waals surface area contributed by atoms with Crippen LogP contribution in [0.25, 0.3) is 0 Å². The second kappa shape index (κ2) is 8.85. The van der Waals surface area contributed by atoms with Crippen LogP contribution in [0.2, 0.25) is 0 Å². The van der Waals surface area contributed by atoms with Gasteiger partial charge in [-0.3, -0.25) is 0 Å². The highest BCUT2D eigenvalue weighted by molar-refractivity contribution is 7.80. The van der Waals surface area contributed by atoms with E-state index in [-0.39, 0.29) is 11.9 Å². The number of fused-ring (bicyclic) bond motifs is 1. The third-order valence-electron chi connectivity index (χ3n) is 4.13. The van der Waals surface area contributed by atoms with Crippen molar-refractivity contribution in [2.75, 3.05) is 19.7 Å². The first-order valence-electron chi connectivity index (χ1n) is 8.81. The monoisotopic (exact) mass is 374 g/mol. The number of rotatable bonds is 6. The van der Waals surface area contributed by atoms with Crippen molar-refractivity contribution in [3.05, 3.63) is 59.9 Å². The summed E-state index contributed by atoms with van der Waals surface area (Å²) in [6.07, 6.45) is 0.893. The summed E-state index contributed by atoms with van der Waals surface area (Å²) < 4.78 is 24.8. The van der Waals surface area contributed by atoms with Crippen LogP contribution in [0.3, 0.4) is 0 Å². The summed E-state index contributed by atoms with van der Waals surface area (Å²) in [6.45, 7) is 4.65. The van der Waals surface area contributed by atoms with Crippen molar-refractivity contribution in [3.63, 3.8) is 0 Å². The summed E-state index contributed by atoms with van der Waals surface area (Å²) in [6, 6.07) is 14.1. The van der Waals surface area contributed by atoms with Crippen LogP contribution in [-0.2, 0) is 6.54 Å². The highest BCUT2D eigenvalue weighted by atomic mass is 32.1. The molecule has 0 amide bonds. The minimum Gasteiger partial charge on any atom is -0.486 e. The number of thiocarbonyl (C=S) groups is 1. The lowest BCUT2D eigenvalue weighted by molar-refractivity contribution is 0.0740. The summed E-state index contributed by atoms with van der Waals surface area (Å²) in [5, 5.41) is 3.92. The van der Waals surface area contributed by atoms with Crippen molar-refractivity contribution in [2.24, 2.45) is 0 Å². The quantitative estimate of drug-likeness (QED) is 0.779. The Kier molecular flexibility index (Phi) is 6.28.